The Bertz CT molecular complexity index is 1470. The summed E-state index contributed by atoms with van der Waals surface area (Å²) in [6.07, 6.45) is -5.18. The molecule has 3 aromatic rings. The van der Waals surface area contributed by atoms with Crippen molar-refractivity contribution in [2.45, 2.75) is 57.5 Å². The second kappa shape index (κ2) is 12.8. The van der Waals surface area contributed by atoms with Gasteiger partial charge in [-0.3, -0.25) is 14.4 Å². The van der Waals surface area contributed by atoms with E-state index in [0.717, 1.165) is 31.7 Å². The first-order valence-corrected chi connectivity index (χ1v) is 13.2. The van der Waals surface area contributed by atoms with Gasteiger partial charge in [-0.15, -0.1) is 13.2 Å². The van der Waals surface area contributed by atoms with E-state index < -0.39 is 41.4 Å². The molecular formula is C32H32F3NO7. The summed E-state index contributed by atoms with van der Waals surface area (Å²) in [4.78, 5) is 51.2. The standard InChI is InChI=1S/C32H32F3NO7/c1-30(2,3)23-14-10-20(11-15-23)26(37)18-25(19-12-16-24(17-13-19)43-32(33,34)35)27(38)21-6-8-22(9-7-21)28(39)36-31(4,41)29(40)42-5/h6-17,25,41H,18H2,1-5H3,(H,36,39)/t25?,31-/m1/s1. The molecule has 1 unspecified atom stereocenters. The molecule has 2 N–H and O–H groups in total. The number of esters is 1. The number of amides is 1. The van der Waals surface area contributed by atoms with Crippen LogP contribution in [0.1, 0.15) is 82.2 Å². The Hall–Kier alpha value is -4.51. The highest BCUT2D eigenvalue weighted by atomic mass is 19.4. The van der Waals surface area contributed by atoms with Crippen molar-refractivity contribution < 1.29 is 46.9 Å². The number of Topliss-reactive ketones (excluding diaryl/α,β-unsaturated/α-hetero) is 2. The van der Waals surface area contributed by atoms with Gasteiger partial charge in [-0.05, 0) is 47.7 Å². The maximum Gasteiger partial charge on any atom is 0.573 e. The molecule has 8 nitrogen and oxygen atoms in total. The predicted octanol–water partition coefficient (Wildman–Crippen LogP) is 5.73. The monoisotopic (exact) mass is 599 g/mol. The first-order chi connectivity index (χ1) is 19.9. The lowest BCUT2D eigenvalue weighted by Gasteiger charge is -2.21. The number of benzene rings is 3. The van der Waals surface area contributed by atoms with Crippen molar-refractivity contribution in [3.8, 4) is 5.75 Å². The highest BCUT2D eigenvalue weighted by molar-refractivity contribution is 6.07. The lowest BCUT2D eigenvalue weighted by molar-refractivity contribution is -0.274. The molecule has 228 valence electrons. The van der Waals surface area contributed by atoms with Gasteiger partial charge < -0.3 is 19.9 Å². The first-order valence-electron chi connectivity index (χ1n) is 13.2. The third-order valence-electron chi connectivity index (χ3n) is 6.67. The number of hydrogen-bond donors (Lipinski definition) is 2. The Morgan fingerprint density at radius 1 is 0.791 bits per heavy atom. The number of alkyl halides is 3. The number of rotatable bonds is 10. The summed E-state index contributed by atoms with van der Waals surface area (Å²) in [6, 6.07) is 16.9. The van der Waals surface area contributed by atoms with Gasteiger partial charge in [0.1, 0.15) is 5.75 Å². The van der Waals surface area contributed by atoms with Crippen LogP contribution in [0.3, 0.4) is 0 Å². The maximum atomic E-state index is 13.7. The zero-order chi connectivity index (χ0) is 32.2. The Morgan fingerprint density at radius 3 is 1.79 bits per heavy atom. The van der Waals surface area contributed by atoms with Crippen LogP contribution in [0.4, 0.5) is 13.2 Å². The number of carbonyl (C=O) groups is 4. The lowest BCUT2D eigenvalue weighted by atomic mass is 9.84. The maximum absolute atomic E-state index is 13.7. The molecule has 0 aromatic heterocycles. The lowest BCUT2D eigenvalue weighted by Crippen LogP contribution is -2.52. The zero-order valence-corrected chi connectivity index (χ0v) is 24.2. The minimum Gasteiger partial charge on any atom is -0.465 e. The Morgan fingerprint density at radius 2 is 1.30 bits per heavy atom. The summed E-state index contributed by atoms with van der Waals surface area (Å²) in [5.74, 6) is -4.33. The van der Waals surface area contributed by atoms with Crippen molar-refractivity contribution in [3.05, 3.63) is 101 Å². The fourth-order valence-corrected chi connectivity index (χ4v) is 4.25. The molecule has 0 aliphatic rings. The zero-order valence-electron chi connectivity index (χ0n) is 24.2. The Labute approximate surface area is 246 Å². The summed E-state index contributed by atoms with van der Waals surface area (Å²) in [5.41, 5.74) is -0.636. The van der Waals surface area contributed by atoms with Crippen molar-refractivity contribution in [1.29, 1.82) is 0 Å². The molecule has 0 saturated carbocycles. The molecule has 2 atom stereocenters. The van der Waals surface area contributed by atoms with E-state index in [9.17, 15) is 37.5 Å². The summed E-state index contributed by atoms with van der Waals surface area (Å²) in [5, 5.41) is 12.2. The highest BCUT2D eigenvalue weighted by Crippen LogP contribution is 2.31. The van der Waals surface area contributed by atoms with E-state index in [1.807, 2.05) is 32.9 Å². The van der Waals surface area contributed by atoms with Crippen molar-refractivity contribution in [2.24, 2.45) is 0 Å². The van der Waals surface area contributed by atoms with Crippen molar-refractivity contribution in [1.82, 2.24) is 5.32 Å². The normalized spacial score (nSPS) is 13.8. The highest BCUT2D eigenvalue weighted by Gasteiger charge is 2.34. The minimum atomic E-state index is -4.90. The van der Waals surface area contributed by atoms with Gasteiger partial charge in [0.2, 0.25) is 5.72 Å². The molecule has 0 bridgehead atoms. The SMILES string of the molecule is COC(=O)[C@@](C)(O)NC(=O)c1ccc(C(=O)C(CC(=O)c2ccc(C(C)(C)C)cc2)c2ccc(OC(F)(F)F)cc2)cc1. The molecule has 0 heterocycles. The van der Waals surface area contributed by atoms with E-state index in [0.29, 0.717) is 5.56 Å². The Balaban J connectivity index is 1.90. The number of methoxy groups -OCH3 is 1. The third-order valence-corrected chi connectivity index (χ3v) is 6.67. The number of ketones is 2. The number of ether oxygens (including phenoxy) is 2. The van der Waals surface area contributed by atoms with Crippen LogP contribution in [0.15, 0.2) is 72.8 Å². The van der Waals surface area contributed by atoms with Crippen molar-refractivity contribution >= 4 is 23.4 Å². The minimum absolute atomic E-state index is 0.0148. The van der Waals surface area contributed by atoms with E-state index >= 15 is 0 Å². The Kier molecular flexibility index (Phi) is 9.81. The average Bonchev–Trinajstić information content (AvgIpc) is 2.94. The fraction of sp³-hybridized carbons (Fsp3) is 0.312. The van der Waals surface area contributed by atoms with Crippen molar-refractivity contribution in [2.75, 3.05) is 7.11 Å². The van der Waals surface area contributed by atoms with Gasteiger partial charge in [-0.1, -0.05) is 69.3 Å². The molecular weight excluding hydrogens is 567 g/mol. The van der Waals surface area contributed by atoms with Crippen LogP contribution in [0, 0.1) is 0 Å². The van der Waals surface area contributed by atoms with E-state index in [2.05, 4.69) is 14.8 Å². The van der Waals surface area contributed by atoms with Crippen LogP contribution in [-0.2, 0) is 14.9 Å². The molecule has 0 spiro atoms. The molecule has 43 heavy (non-hydrogen) atoms. The van der Waals surface area contributed by atoms with Crippen LogP contribution in [-0.4, -0.2) is 47.7 Å². The molecule has 0 radical (unpaired) electrons. The quantitative estimate of drug-likeness (QED) is 0.174. The van der Waals surface area contributed by atoms with Gasteiger partial charge in [-0.25, -0.2) is 4.79 Å². The average molecular weight is 600 g/mol. The third kappa shape index (κ3) is 8.74. The second-order valence-electron chi connectivity index (χ2n) is 11.1. The number of carbonyl (C=O) groups excluding carboxylic acids is 4. The van der Waals surface area contributed by atoms with Crippen LogP contribution < -0.4 is 10.1 Å². The fourth-order valence-electron chi connectivity index (χ4n) is 4.25. The van der Waals surface area contributed by atoms with Crippen molar-refractivity contribution in [3.63, 3.8) is 0 Å². The van der Waals surface area contributed by atoms with Gasteiger partial charge in [0.25, 0.3) is 5.91 Å². The molecule has 1 amide bonds. The largest absolute Gasteiger partial charge is 0.573 e. The van der Waals surface area contributed by atoms with Crippen LogP contribution >= 0.6 is 0 Å². The molecule has 0 saturated heterocycles. The van der Waals surface area contributed by atoms with E-state index in [1.54, 1.807) is 12.1 Å². The smallest absolute Gasteiger partial charge is 0.465 e. The van der Waals surface area contributed by atoms with Crippen LogP contribution in [0.25, 0.3) is 0 Å². The molecule has 3 aromatic carbocycles. The molecule has 0 aliphatic carbocycles. The van der Waals surface area contributed by atoms with E-state index in [-0.39, 0.29) is 34.3 Å². The van der Waals surface area contributed by atoms with Gasteiger partial charge in [0.05, 0.1) is 13.0 Å². The van der Waals surface area contributed by atoms with Gasteiger partial charge in [0, 0.05) is 23.1 Å². The molecule has 0 fully saturated rings. The van der Waals surface area contributed by atoms with E-state index in [4.69, 9.17) is 0 Å². The van der Waals surface area contributed by atoms with Gasteiger partial charge in [0.15, 0.2) is 11.6 Å². The second-order valence-corrected chi connectivity index (χ2v) is 11.1. The van der Waals surface area contributed by atoms with Crippen LogP contribution in [0.2, 0.25) is 0 Å². The summed E-state index contributed by atoms with van der Waals surface area (Å²) in [7, 11) is 1.04. The predicted molar refractivity (Wildman–Crippen MR) is 151 cm³/mol. The van der Waals surface area contributed by atoms with Gasteiger partial charge >= 0.3 is 12.3 Å². The molecule has 0 aliphatic heterocycles. The number of aliphatic hydroxyl groups is 1. The van der Waals surface area contributed by atoms with Gasteiger partial charge in [-0.2, -0.15) is 0 Å². The molecule has 11 heteroatoms. The topological polar surface area (TPSA) is 119 Å². The first kappa shape index (κ1) is 33.0. The summed E-state index contributed by atoms with van der Waals surface area (Å²) >= 11 is 0. The number of hydrogen-bond acceptors (Lipinski definition) is 7. The van der Waals surface area contributed by atoms with E-state index in [1.165, 1.54) is 36.4 Å². The summed E-state index contributed by atoms with van der Waals surface area (Å²) in [6.45, 7) is 7.13. The molecule has 3 rings (SSSR count). The number of nitrogens with one attached hydrogen (secondary N) is 1. The summed E-state index contributed by atoms with van der Waals surface area (Å²) < 4.78 is 46.4. The number of halogens is 3. The van der Waals surface area contributed by atoms with Crippen LogP contribution in [0.5, 0.6) is 5.75 Å².